The summed E-state index contributed by atoms with van der Waals surface area (Å²) < 4.78 is 33.7. The minimum absolute atomic E-state index is 0.0137. The van der Waals surface area contributed by atoms with E-state index in [2.05, 4.69) is 4.98 Å². The van der Waals surface area contributed by atoms with Crippen molar-refractivity contribution in [2.24, 2.45) is 5.92 Å². The molecule has 0 atom stereocenters. The van der Waals surface area contributed by atoms with Crippen LogP contribution in [0.2, 0.25) is 0 Å². The maximum atomic E-state index is 13.5. The van der Waals surface area contributed by atoms with Crippen LogP contribution < -0.4 is 0 Å². The monoisotopic (exact) mass is 495 g/mol. The highest BCUT2D eigenvalue weighted by Gasteiger charge is 2.30. The lowest BCUT2D eigenvalue weighted by molar-refractivity contribution is 0.0729. The second kappa shape index (κ2) is 10.7. The summed E-state index contributed by atoms with van der Waals surface area (Å²) in [5.74, 6) is 0.312. The lowest BCUT2D eigenvalue weighted by atomic mass is 10.1. The minimum atomic E-state index is -3.70. The molecule has 0 spiro atoms. The number of nitrogens with zero attached hydrogens (tertiary/aromatic N) is 3. The van der Waals surface area contributed by atoms with Crippen molar-refractivity contribution >= 4 is 15.7 Å². The molecule has 1 amide bonds. The van der Waals surface area contributed by atoms with Gasteiger partial charge in [0, 0.05) is 25.8 Å². The summed E-state index contributed by atoms with van der Waals surface area (Å²) in [5, 5.41) is 0.0137. The van der Waals surface area contributed by atoms with E-state index in [4.69, 9.17) is 4.74 Å². The van der Waals surface area contributed by atoms with Gasteiger partial charge in [-0.1, -0.05) is 48.0 Å². The van der Waals surface area contributed by atoms with Crippen LogP contribution in [0.3, 0.4) is 0 Å². The number of ether oxygens (including phenoxy) is 1. The Bertz CT molecular complexity index is 1280. The molecule has 35 heavy (non-hydrogen) atoms. The van der Waals surface area contributed by atoms with Gasteiger partial charge in [0.15, 0.2) is 0 Å². The van der Waals surface area contributed by atoms with Crippen LogP contribution in [0, 0.1) is 19.8 Å². The zero-order valence-electron chi connectivity index (χ0n) is 20.6. The first-order chi connectivity index (χ1) is 16.8. The molecule has 1 fully saturated rings. The van der Waals surface area contributed by atoms with E-state index in [0.29, 0.717) is 49.0 Å². The van der Waals surface area contributed by atoms with Crippen molar-refractivity contribution in [1.82, 2.24) is 14.5 Å². The Labute approximate surface area is 207 Å². The standard InChI is InChI=1S/C27H33N3O4S/c1-20-8-10-23(11-9-20)19-35(32,33)27-28-16-24(30(27)14-15-34-3)18-29(17-22-12-13-22)26(31)25-7-5-4-6-21(25)2/h4-11,16,22H,12-15,17-19H2,1-3H3. The summed E-state index contributed by atoms with van der Waals surface area (Å²) in [6.07, 6.45) is 3.80. The lowest BCUT2D eigenvalue weighted by Gasteiger charge is -2.24. The van der Waals surface area contributed by atoms with Crippen molar-refractivity contribution in [3.63, 3.8) is 0 Å². The molecule has 1 aromatic heterocycles. The normalized spacial score (nSPS) is 13.7. The molecule has 0 unspecified atom stereocenters. The Morgan fingerprint density at radius 3 is 2.49 bits per heavy atom. The van der Waals surface area contributed by atoms with Crippen LogP contribution in [0.5, 0.6) is 0 Å². The maximum absolute atomic E-state index is 13.5. The Balaban J connectivity index is 1.64. The van der Waals surface area contributed by atoms with Crippen LogP contribution in [-0.2, 0) is 33.4 Å². The van der Waals surface area contributed by atoms with E-state index < -0.39 is 9.84 Å². The van der Waals surface area contributed by atoms with Gasteiger partial charge in [0.2, 0.25) is 15.0 Å². The number of benzene rings is 2. The minimum Gasteiger partial charge on any atom is -0.383 e. The number of carbonyl (C=O) groups is 1. The van der Waals surface area contributed by atoms with Gasteiger partial charge in [-0.3, -0.25) is 4.79 Å². The van der Waals surface area contributed by atoms with Gasteiger partial charge in [-0.05, 0) is 49.8 Å². The predicted molar refractivity (Wildman–Crippen MR) is 135 cm³/mol. The quantitative estimate of drug-likeness (QED) is 0.399. The van der Waals surface area contributed by atoms with Crippen molar-refractivity contribution in [2.75, 3.05) is 20.3 Å². The number of aromatic nitrogens is 2. The Kier molecular flexibility index (Phi) is 7.72. The second-order valence-corrected chi connectivity index (χ2v) is 11.2. The zero-order chi connectivity index (χ0) is 25.0. The first-order valence-corrected chi connectivity index (χ1v) is 13.6. The van der Waals surface area contributed by atoms with Crippen LogP contribution in [0.4, 0.5) is 0 Å². The molecule has 0 N–H and O–H groups in total. The molecule has 8 heteroatoms. The average molecular weight is 496 g/mol. The predicted octanol–water partition coefficient (Wildman–Crippen LogP) is 4.17. The van der Waals surface area contributed by atoms with Gasteiger partial charge in [-0.25, -0.2) is 13.4 Å². The largest absolute Gasteiger partial charge is 0.383 e. The molecule has 0 bridgehead atoms. The number of hydrogen-bond acceptors (Lipinski definition) is 5. The number of rotatable bonds is 11. The Hall–Kier alpha value is -2.97. The van der Waals surface area contributed by atoms with E-state index in [-0.39, 0.29) is 16.8 Å². The fourth-order valence-electron chi connectivity index (χ4n) is 4.17. The van der Waals surface area contributed by atoms with Crippen molar-refractivity contribution in [3.05, 3.63) is 82.7 Å². The summed E-state index contributed by atoms with van der Waals surface area (Å²) in [6, 6.07) is 15.0. The summed E-state index contributed by atoms with van der Waals surface area (Å²) in [5.41, 5.74) is 4.07. The molecule has 2 aromatic carbocycles. The molecular weight excluding hydrogens is 462 g/mol. The van der Waals surface area contributed by atoms with Crippen molar-refractivity contribution in [1.29, 1.82) is 0 Å². The summed E-state index contributed by atoms with van der Waals surface area (Å²) in [7, 11) is -2.12. The molecule has 0 aliphatic heterocycles. The van der Waals surface area contributed by atoms with Gasteiger partial charge >= 0.3 is 0 Å². The molecule has 0 saturated heterocycles. The van der Waals surface area contributed by atoms with E-state index in [1.807, 2.05) is 67.3 Å². The molecule has 0 radical (unpaired) electrons. The summed E-state index contributed by atoms with van der Waals surface area (Å²) in [6.45, 7) is 5.51. The first-order valence-electron chi connectivity index (χ1n) is 11.9. The van der Waals surface area contributed by atoms with Crippen molar-refractivity contribution < 1.29 is 17.9 Å². The Morgan fingerprint density at radius 1 is 1.11 bits per heavy atom. The fraction of sp³-hybridized carbons (Fsp3) is 0.407. The number of methoxy groups -OCH3 is 1. The van der Waals surface area contributed by atoms with E-state index in [9.17, 15) is 13.2 Å². The number of amides is 1. The third-order valence-electron chi connectivity index (χ3n) is 6.37. The number of sulfone groups is 1. The van der Waals surface area contributed by atoms with Gasteiger partial charge in [-0.15, -0.1) is 0 Å². The van der Waals surface area contributed by atoms with Crippen LogP contribution in [-0.4, -0.2) is 49.0 Å². The molecule has 1 heterocycles. The van der Waals surface area contributed by atoms with Gasteiger partial charge in [-0.2, -0.15) is 0 Å². The van der Waals surface area contributed by atoms with E-state index in [1.54, 1.807) is 17.9 Å². The van der Waals surface area contributed by atoms with Gasteiger partial charge in [0.05, 0.1) is 30.8 Å². The molecule has 4 rings (SSSR count). The van der Waals surface area contributed by atoms with Gasteiger partial charge in [0.25, 0.3) is 5.91 Å². The summed E-state index contributed by atoms with van der Waals surface area (Å²) >= 11 is 0. The number of aryl methyl sites for hydroxylation is 2. The first kappa shape index (κ1) is 25.1. The highest BCUT2D eigenvalue weighted by atomic mass is 32.2. The van der Waals surface area contributed by atoms with Crippen LogP contribution >= 0.6 is 0 Å². The molecule has 1 aliphatic carbocycles. The van der Waals surface area contributed by atoms with Crippen molar-refractivity contribution in [2.45, 2.75) is 50.7 Å². The zero-order valence-corrected chi connectivity index (χ0v) is 21.4. The lowest BCUT2D eigenvalue weighted by Crippen LogP contribution is -2.34. The third-order valence-corrected chi connectivity index (χ3v) is 7.96. The second-order valence-electron chi connectivity index (χ2n) is 9.37. The topological polar surface area (TPSA) is 81.5 Å². The number of carbonyl (C=O) groups excluding carboxylic acids is 1. The van der Waals surface area contributed by atoms with Crippen molar-refractivity contribution in [3.8, 4) is 0 Å². The molecule has 3 aromatic rings. The third kappa shape index (κ3) is 6.18. The fourth-order valence-corrected chi connectivity index (χ4v) is 5.68. The molecular formula is C27H33N3O4S. The SMILES string of the molecule is COCCn1c(CN(CC2CC2)C(=O)c2ccccc2C)cnc1S(=O)(=O)Cc1ccc(C)cc1. The van der Waals surface area contributed by atoms with E-state index in [1.165, 1.54) is 0 Å². The number of imidazole rings is 1. The van der Waals surface area contributed by atoms with E-state index in [0.717, 1.165) is 24.0 Å². The van der Waals surface area contributed by atoms with Crippen LogP contribution in [0.1, 0.15) is 45.6 Å². The molecule has 1 saturated carbocycles. The van der Waals surface area contributed by atoms with Gasteiger partial charge < -0.3 is 14.2 Å². The average Bonchev–Trinajstić information content (AvgIpc) is 3.56. The van der Waals surface area contributed by atoms with E-state index >= 15 is 0 Å². The maximum Gasteiger partial charge on any atom is 0.254 e. The summed E-state index contributed by atoms with van der Waals surface area (Å²) in [4.78, 5) is 19.6. The molecule has 7 nitrogen and oxygen atoms in total. The molecule has 1 aliphatic rings. The Morgan fingerprint density at radius 2 is 1.83 bits per heavy atom. The molecule has 186 valence electrons. The highest BCUT2D eigenvalue weighted by Crippen LogP contribution is 2.31. The van der Waals surface area contributed by atoms with Gasteiger partial charge in [0.1, 0.15) is 0 Å². The highest BCUT2D eigenvalue weighted by molar-refractivity contribution is 7.90. The smallest absolute Gasteiger partial charge is 0.254 e. The van der Waals surface area contributed by atoms with Crippen LogP contribution in [0.25, 0.3) is 0 Å². The number of hydrogen-bond donors (Lipinski definition) is 0. The van der Waals surface area contributed by atoms with Crippen LogP contribution in [0.15, 0.2) is 59.9 Å².